The third-order valence-corrected chi connectivity index (χ3v) is 4.91. The second kappa shape index (κ2) is 5.49. The van der Waals surface area contributed by atoms with Crippen LogP contribution in [0.2, 0.25) is 19.6 Å². The van der Waals surface area contributed by atoms with Crippen molar-refractivity contribution in [1.29, 1.82) is 0 Å². The van der Waals surface area contributed by atoms with Crippen LogP contribution in [0.3, 0.4) is 0 Å². The van der Waals surface area contributed by atoms with E-state index in [4.69, 9.17) is 0 Å². The van der Waals surface area contributed by atoms with E-state index in [2.05, 4.69) is 89.7 Å². The van der Waals surface area contributed by atoms with Crippen molar-refractivity contribution in [2.24, 2.45) is 0 Å². The summed E-state index contributed by atoms with van der Waals surface area (Å²) >= 11 is 0. The molecule has 2 nitrogen and oxygen atoms in total. The molecule has 0 saturated carbocycles. The van der Waals surface area contributed by atoms with Gasteiger partial charge in [0.25, 0.3) is 0 Å². The Balaban J connectivity index is 2.03. The number of para-hydroxylation sites is 2. The van der Waals surface area contributed by atoms with Gasteiger partial charge in [-0.15, -0.1) is 0 Å². The van der Waals surface area contributed by atoms with E-state index in [9.17, 15) is 0 Å². The number of fused-ring (bicyclic) bond motifs is 1. The summed E-state index contributed by atoms with van der Waals surface area (Å²) in [6.45, 7) is 8.19. The average Bonchev–Trinajstić information content (AvgIpc) is 2.77. The zero-order valence-corrected chi connectivity index (χ0v) is 14.1. The van der Waals surface area contributed by atoms with Crippen LogP contribution in [0.1, 0.15) is 5.56 Å². The minimum atomic E-state index is -1.14. The van der Waals surface area contributed by atoms with Crippen LogP contribution >= 0.6 is 0 Å². The Morgan fingerprint density at radius 2 is 1.57 bits per heavy atom. The van der Waals surface area contributed by atoms with Crippen LogP contribution in [0.5, 0.6) is 0 Å². The Hall–Kier alpha value is -1.87. The zero-order chi connectivity index (χ0) is 14.9. The summed E-state index contributed by atoms with van der Waals surface area (Å²) in [6, 6.07) is 19.4. The normalized spacial score (nSPS) is 12.0. The molecule has 1 aromatic heterocycles. The minimum absolute atomic E-state index is 0.931. The molecule has 0 spiro atoms. The first-order valence-corrected chi connectivity index (χ1v) is 11.2. The highest BCUT2D eigenvalue weighted by atomic mass is 28.3. The van der Waals surface area contributed by atoms with Gasteiger partial charge in [0.05, 0.1) is 14.2 Å². The first kappa shape index (κ1) is 14.1. The summed E-state index contributed by atoms with van der Waals surface area (Å²) in [4.78, 5) is 0. The molecule has 0 fully saturated rings. The van der Waals surface area contributed by atoms with Crippen molar-refractivity contribution in [2.45, 2.75) is 32.4 Å². The van der Waals surface area contributed by atoms with Gasteiger partial charge >= 0.3 is 0 Å². The maximum Gasteiger partial charge on any atom is 0.244 e. The second-order valence-corrected chi connectivity index (χ2v) is 12.3. The highest BCUT2D eigenvalue weighted by Gasteiger charge is 2.22. The van der Waals surface area contributed by atoms with Crippen LogP contribution in [0.15, 0.2) is 60.9 Å². The molecule has 0 amide bonds. The summed E-state index contributed by atoms with van der Waals surface area (Å²) in [7, 11) is -1.14. The first-order valence-electron chi connectivity index (χ1n) is 7.54. The molecular weight excluding hydrogens is 272 g/mol. The lowest BCUT2D eigenvalue weighted by Crippen LogP contribution is -2.34. The molecule has 0 radical (unpaired) electrons. The molecule has 3 heteroatoms. The molecular formula is C18H23N2Si+. The van der Waals surface area contributed by atoms with E-state index in [1.807, 2.05) is 0 Å². The van der Waals surface area contributed by atoms with Crippen LogP contribution in [0, 0.1) is 0 Å². The molecule has 0 saturated heterocycles. The highest BCUT2D eigenvalue weighted by Crippen LogP contribution is 2.15. The van der Waals surface area contributed by atoms with Gasteiger partial charge < -0.3 is 0 Å². The molecule has 0 N–H and O–H groups in total. The lowest BCUT2D eigenvalue weighted by atomic mass is 10.2. The summed E-state index contributed by atoms with van der Waals surface area (Å²) < 4.78 is 4.80. The number of rotatable bonds is 4. The van der Waals surface area contributed by atoms with Crippen LogP contribution in [-0.2, 0) is 12.7 Å². The van der Waals surface area contributed by atoms with E-state index in [1.54, 1.807) is 0 Å². The van der Waals surface area contributed by atoms with Crippen molar-refractivity contribution in [1.82, 2.24) is 4.57 Å². The van der Waals surface area contributed by atoms with Crippen molar-refractivity contribution < 1.29 is 4.57 Å². The second-order valence-electron chi connectivity index (χ2n) is 6.91. The maximum atomic E-state index is 2.44. The molecule has 2 aromatic carbocycles. The quantitative estimate of drug-likeness (QED) is 0.510. The van der Waals surface area contributed by atoms with Crippen molar-refractivity contribution in [3.05, 3.63) is 66.5 Å². The molecule has 0 unspecified atom stereocenters. The summed E-state index contributed by atoms with van der Waals surface area (Å²) in [6.07, 6.45) is 3.45. The predicted molar refractivity (Wildman–Crippen MR) is 91.0 cm³/mol. The van der Waals surface area contributed by atoms with Gasteiger partial charge in [-0.05, 0) is 17.7 Å². The topological polar surface area (TPSA) is 8.81 Å². The number of aromatic nitrogens is 2. The maximum absolute atomic E-state index is 2.44. The molecule has 0 atom stereocenters. The number of imidazole rings is 1. The molecule has 0 aliphatic rings. The first-order chi connectivity index (χ1) is 10.0. The minimum Gasteiger partial charge on any atom is -0.233 e. The Morgan fingerprint density at radius 3 is 2.29 bits per heavy atom. The smallest absolute Gasteiger partial charge is 0.233 e. The molecule has 3 rings (SSSR count). The molecule has 0 bridgehead atoms. The number of hydrogen-bond acceptors (Lipinski definition) is 0. The van der Waals surface area contributed by atoms with Crippen LogP contribution in [-0.4, -0.2) is 12.6 Å². The fraction of sp³-hybridized carbons (Fsp3) is 0.278. The summed E-state index contributed by atoms with van der Waals surface area (Å²) in [5, 5.41) is 0. The largest absolute Gasteiger partial charge is 0.244 e. The summed E-state index contributed by atoms with van der Waals surface area (Å²) in [5.74, 6) is 0. The monoisotopic (exact) mass is 295 g/mol. The van der Waals surface area contributed by atoms with Gasteiger partial charge in [0.2, 0.25) is 6.33 Å². The number of nitrogens with zero attached hydrogens (tertiary/aromatic N) is 2. The van der Waals surface area contributed by atoms with Gasteiger partial charge in [0.1, 0.15) is 6.54 Å². The standard InChI is InChI=1S/C18H23N2Si/c1-21(2,3)15-20-14-19(13-16-9-5-4-6-10-16)17-11-7-8-12-18(17)20/h4-12,14H,13,15H2,1-3H3/q+1. The van der Waals surface area contributed by atoms with Gasteiger partial charge in [-0.1, -0.05) is 62.1 Å². The SMILES string of the molecule is C[Si](C)(C)Cn1c[n+](Cc2ccccc2)c2ccccc21. The van der Waals surface area contributed by atoms with Crippen molar-refractivity contribution in [3.63, 3.8) is 0 Å². The van der Waals surface area contributed by atoms with Gasteiger partial charge in [0, 0.05) is 0 Å². The Morgan fingerprint density at radius 1 is 0.905 bits per heavy atom. The van der Waals surface area contributed by atoms with Gasteiger partial charge in [-0.3, -0.25) is 0 Å². The molecule has 21 heavy (non-hydrogen) atoms. The van der Waals surface area contributed by atoms with E-state index in [1.165, 1.54) is 16.6 Å². The Labute approximate surface area is 127 Å². The third-order valence-electron chi connectivity index (χ3n) is 3.62. The number of benzene rings is 2. The Bertz CT molecular complexity index is 739. The lowest BCUT2D eigenvalue weighted by Gasteiger charge is -2.12. The molecule has 108 valence electrons. The molecule has 0 aliphatic carbocycles. The molecule has 3 aromatic rings. The van der Waals surface area contributed by atoms with Gasteiger partial charge in [-0.2, -0.15) is 0 Å². The zero-order valence-electron chi connectivity index (χ0n) is 13.1. The van der Waals surface area contributed by atoms with E-state index < -0.39 is 8.07 Å². The van der Waals surface area contributed by atoms with Crippen molar-refractivity contribution >= 4 is 19.1 Å². The van der Waals surface area contributed by atoms with Crippen molar-refractivity contribution in [3.8, 4) is 0 Å². The van der Waals surface area contributed by atoms with Crippen molar-refractivity contribution in [2.75, 3.05) is 0 Å². The van der Waals surface area contributed by atoms with Crippen LogP contribution < -0.4 is 4.57 Å². The fourth-order valence-electron chi connectivity index (χ4n) is 2.79. The van der Waals surface area contributed by atoms with E-state index in [0.717, 1.165) is 12.7 Å². The summed E-state index contributed by atoms with van der Waals surface area (Å²) in [5.41, 5.74) is 4.01. The number of hydrogen-bond donors (Lipinski definition) is 0. The van der Waals surface area contributed by atoms with E-state index in [0.29, 0.717) is 0 Å². The highest BCUT2D eigenvalue weighted by molar-refractivity contribution is 6.75. The third kappa shape index (κ3) is 3.24. The molecule has 1 heterocycles. The van der Waals surface area contributed by atoms with E-state index in [-0.39, 0.29) is 0 Å². The van der Waals surface area contributed by atoms with Gasteiger partial charge in [-0.25, -0.2) is 9.13 Å². The van der Waals surface area contributed by atoms with Gasteiger partial charge in [0.15, 0.2) is 11.0 Å². The predicted octanol–water partition coefficient (Wildman–Crippen LogP) is 3.85. The van der Waals surface area contributed by atoms with E-state index >= 15 is 0 Å². The Kier molecular flexibility index (Phi) is 3.68. The fourth-order valence-corrected chi connectivity index (χ4v) is 4.06. The lowest BCUT2D eigenvalue weighted by molar-refractivity contribution is -0.663. The van der Waals surface area contributed by atoms with Crippen LogP contribution in [0.25, 0.3) is 11.0 Å². The van der Waals surface area contributed by atoms with Crippen LogP contribution in [0.4, 0.5) is 0 Å². The average molecular weight is 295 g/mol. The molecule has 0 aliphatic heterocycles.